The molecular formula is C30H40BrNO3S. The molecule has 6 heteroatoms. The van der Waals surface area contributed by atoms with Gasteiger partial charge in [0.1, 0.15) is 5.78 Å². The Morgan fingerprint density at radius 2 is 1.94 bits per heavy atom. The normalized spacial score (nSPS) is 37.4. The third-order valence-electron chi connectivity index (χ3n) is 10.7. The Balaban J connectivity index is 1.29. The second-order valence-electron chi connectivity index (χ2n) is 12.5. The van der Waals surface area contributed by atoms with Gasteiger partial charge in [-0.15, -0.1) is 11.3 Å². The van der Waals surface area contributed by atoms with Gasteiger partial charge in [-0.1, -0.05) is 33.3 Å². The zero-order valence-corrected chi connectivity index (χ0v) is 24.5. The summed E-state index contributed by atoms with van der Waals surface area (Å²) in [7, 11) is 0. The third kappa shape index (κ3) is 4.38. The van der Waals surface area contributed by atoms with Gasteiger partial charge in [-0.25, -0.2) is 0 Å². The van der Waals surface area contributed by atoms with E-state index in [1.54, 1.807) is 11.3 Å². The predicted octanol–water partition coefficient (Wildman–Crippen LogP) is 7.43. The van der Waals surface area contributed by atoms with Crippen LogP contribution in [-0.2, 0) is 14.4 Å². The van der Waals surface area contributed by atoms with Crippen LogP contribution in [0.15, 0.2) is 27.6 Å². The van der Waals surface area contributed by atoms with Crippen molar-refractivity contribution in [3.05, 3.63) is 32.4 Å². The number of carbonyl (C=O) groups excluding carboxylic acids is 3. The van der Waals surface area contributed by atoms with Crippen LogP contribution < -0.4 is 5.32 Å². The number of hydrogen-bond donors (Lipinski definition) is 1. The Morgan fingerprint density at radius 3 is 2.64 bits per heavy atom. The highest BCUT2D eigenvalue weighted by molar-refractivity contribution is 9.11. The first kappa shape index (κ1) is 26.3. The largest absolute Gasteiger partial charge is 0.348 e. The SMILES string of the molecule is CC[C@@H](NC(=O)C[C@@H](C)[C@H]1CC[C@H]2[C@@H]3C(=O)CC4=CC(=O)CC[C@]4(C)[C@H]3CC[C@]12C)c1ccc(Br)s1. The summed E-state index contributed by atoms with van der Waals surface area (Å²) in [4.78, 5) is 40.0. The maximum Gasteiger partial charge on any atom is 0.220 e. The Bertz CT molecular complexity index is 1090. The van der Waals surface area contributed by atoms with Gasteiger partial charge in [-0.3, -0.25) is 14.4 Å². The second-order valence-corrected chi connectivity index (χ2v) is 15.0. The fourth-order valence-corrected chi connectivity index (χ4v) is 10.4. The van der Waals surface area contributed by atoms with Crippen LogP contribution in [0.5, 0.6) is 0 Å². The average molecular weight is 575 g/mol. The van der Waals surface area contributed by atoms with Gasteiger partial charge in [-0.05, 0) is 107 Å². The smallest absolute Gasteiger partial charge is 0.220 e. The Labute approximate surface area is 228 Å². The van der Waals surface area contributed by atoms with E-state index in [1.165, 1.54) is 4.88 Å². The van der Waals surface area contributed by atoms with Crippen molar-refractivity contribution < 1.29 is 14.4 Å². The Hall–Kier alpha value is -1.27. The highest BCUT2D eigenvalue weighted by Gasteiger charge is 2.61. The van der Waals surface area contributed by atoms with Crippen molar-refractivity contribution in [1.82, 2.24) is 5.32 Å². The highest BCUT2D eigenvalue weighted by atomic mass is 79.9. The summed E-state index contributed by atoms with van der Waals surface area (Å²) in [5, 5.41) is 3.29. The lowest BCUT2D eigenvalue weighted by Gasteiger charge is -2.57. The number of fused-ring (bicyclic) bond motifs is 5. The molecule has 4 aliphatic carbocycles. The number of nitrogens with one attached hydrogen (secondary N) is 1. The van der Waals surface area contributed by atoms with Crippen molar-refractivity contribution in [2.24, 2.45) is 40.4 Å². The molecule has 8 atom stereocenters. The molecule has 4 nitrogen and oxygen atoms in total. The van der Waals surface area contributed by atoms with Crippen LogP contribution in [0.25, 0.3) is 0 Å². The molecule has 1 aromatic rings. The van der Waals surface area contributed by atoms with Crippen LogP contribution >= 0.6 is 27.3 Å². The van der Waals surface area contributed by atoms with Crippen LogP contribution in [0, 0.1) is 40.4 Å². The summed E-state index contributed by atoms with van der Waals surface area (Å²) in [6.45, 7) is 9.12. The van der Waals surface area contributed by atoms with E-state index in [0.717, 1.165) is 47.9 Å². The minimum absolute atomic E-state index is 0.00333. The molecule has 36 heavy (non-hydrogen) atoms. The zero-order chi connectivity index (χ0) is 25.8. The molecule has 0 unspecified atom stereocenters. The molecule has 0 bridgehead atoms. The maximum atomic E-state index is 13.5. The first-order valence-electron chi connectivity index (χ1n) is 13.9. The van der Waals surface area contributed by atoms with Crippen LogP contribution in [0.4, 0.5) is 0 Å². The summed E-state index contributed by atoms with van der Waals surface area (Å²) in [6, 6.07) is 4.20. The number of allylic oxidation sites excluding steroid dienone is 1. The van der Waals surface area contributed by atoms with Crippen molar-refractivity contribution in [3.63, 3.8) is 0 Å². The first-order valence-corrected chi connectivity index (χ1v) is 15.5. The summed E-state index contributed by atoms with van der Waals surface area (Å²) in [5.41, 5.74) is 1.22. The van der Waals surface area contributed by atoms with E-state index in [0.29, 0.717) is 48.7 Å². The number of hydrogen-bond acceptors (Lipinski definition) is 4. The molecule has 1 aromatic heterocycles. The van der Waals surface area contributed by atoms with Gasteiger partial charge in [-0.2, -0.15) is 0 Å². The van der Waals surface area contributed by atoms with Crippen LogP contribution in [0.1, 0.15) is 96.4 Å². The van der Waals surface area contributed by atoms with Crippen LogP contribution in [-0.4, -0.2) is 17.5 Å². The summed E-state index contributed by atoms with van der Waals surface area (Å²) >= 11 is 5.22. The molecule has 196 valence electrons. The molecule has 1 heterocycles. The van der Waals surface area contributed by atoms with Gasteiger partial charge in [0.15, 0.2) is 5.78 Å². The molecule has 0 radical (unpaired) electrons. The number of thiophene rings is 1. The number of rotatable bonds is 6. The van der Waals surface area contributed by atoms with Gasteiger partial charge in [0, 0.05) is 30.1 Å². The Morgan fingerprint density at radius 1 is 1.17 bits per heavy atom. The van der Waals surface area contributed by atoms with E-state index in [2.05, 4.69) is 55.0 Å². The lowest BCUT2D eigenvalue weighted by atomic mass is 9.46. The van der Waals surface area contributed by atoms with Crippen LogP contribution in [0.2, 0.25) is 0 Å². The summed E-state index contributed by atoms with van der Waals surface area (Å²) in [6.07, 6.45) is 9.61. The molecule has 1 N–H and O–H groups in total. The van der Waals surface area contributed by atoms with Crippen LogP contribution in [0.3, 0.4) is 0 Å². The fourth-order valence-electron chi connectivity index (χ4n) is 8.81. The molecule has 3 fully saturated rings. The first-order chi connectivity index (χ1) is 17.1. The lowest BCUT2D eigenvalue weighted by Crippen LogP contribution is -2.54. The van der Waals surface area contributed by atoms with E-state index in [-0.39, 0.29) is 34.5 Å². The number of carbonyl (C=O) groups is 3. The van der Waals surface area contributed by atoms with Gasteiger partial charge < -0.3 is 5.32 Å². The summed E-state index contributed by atoms with van der Waals surface area (Å²) < 4.78 is 1.09. The molecule has 0 saturated heterocycles. The van der Waals surface area contributed by atoms with E-state index in [4.69, 9.17) is 0 Å². The molecule has 4 aliphatic rings. The minimum atomic E-state index is 0.00333. The van der Waals surface area contributed by atoms with E-state index >= 15 is 0 Å². The number of Topliss-reactive ketones (excluding diaryl/α,β-unsaturated/α-hetero) is 1. The molecular weight excluding hydrogens is 534 g/mol. The number of amides is 1. The quantitative estimate of drug-likeness (QED) is 0.384. The van der Waals surface area contributed by atoms with Crippen molar-refractivity contribution in [3.8, 4) is 0 Å². The van der Waals surface area contributed by atoms with Gasteiger partial charge in [0.25, 0.3) is 0 Å². The molecule has 0 spiro atoms. The van der Waals surface area contributed by atoms with Crippen molar-refractivity contribution in [1.29, 1.82) is 0 Å². The Kier molecular flexibility index (Phi) is 7.17. The van der Waals surface area contributed by atoms with Gasteiger partial charge in [0.2, 0.25) is 5.91 Å². The third-order valence-corrected chi connectivity index (χ3v) is 12.5. The van der Waals surface area contributed by atoms with Crippen molar-refractivity contribution in [2.45, 2.75) is 91.5 Å². The average Bonchev–Trinajstić information content (AvgIpc) is 3.41. The molecule has 0 aliphatic heterocycles. The van der Waals surface area contributed by atoms with Crippen molar-refractivity contribution in [2.75, 3.05) is 0 Å². The highest BCUT2D eigenvalue weighted by Crippen LogP contribution is 2.66. The minimum Gasteiger partial charge on any atom is -0.348 e. The molecule has 5 rings (SSSR count). The number of halogens is 1. The lowest BCUT2D eigenvalue weighted by molar-refractivity contribution is -0.141. The molecule has 0 aromatic carbocycles. The second kappa shape index (κ2) is 9.80. The monoisotopic (exact) mass is 573 g/mol. The standard InChI is InChI=1S/C30H40BrNO3S/c1-5-23(25-8-9-26(31)36-25)32-27(35)14-17(2)20-6-7-21-28-22(11-13-30(20,21)4)29(3)12-10-19(33)15-18(29)16-24(28)34/h8-9,15,17,20-23,28H,5-7,10-14,16H2,1-4H3,(H,32,35)/t17-,20-,21+,22+,23-,28+,29+,30-/m1/s1. The topological polar surface area (TPSA) is 63.2 Å². The maximum absolute atomic E-state index is 13.5. The molecule has 3 saturated carbocycles. The van der Waals surface area contributed by atoms with Crippen molar-refractivity contribution >= 4 is 44.7 Å². The van der Waals surface area contributed by atoms with E-state index in [1.807, 2.05) is 12.1 Å². The van der Waals surface area contributed by atoms with Gasteiger partial charge >= 0.3 is 0 Å². The number of ketones is 2. The van der Waals surface area contributed by atoms with E-state index < -0.39 is 0 Å². The van der Waals surface area contributed by atoms with Gasteiger partial charge in [0.05, 0.1) is 9.83 Å². The van der Waals surface area contributed by atoms with E-state index in [9.17, 15) is 14.4 Å². The zero-order valence-electron chi connectivity index (χ0n) is 22.1. The summed E-state index contributed by atoms with van der Waals surface area (Å²) in [5.74, 6) is 2.35. The fraction of sp³-hybridized carbons (Fsp3) is 0.700. The predicted molar refractivity (Wildman–Crippen MR) is 148 cm³/mol. The molecule has 1 amide bonds.